The van der Waals surface area contributed by atoms with E-state index in [4.69, 9.17) is 9.47 Å². The number of anilines is 1. The number of benzene rings is 2. The van der Waals surface area contributed by atoms with Gasteiger partial charge in [-0.2, -0.15) is 0 Å². The third-order valence-electron chi connectivity index (χ3n) is 3.38. The largest absolute Gasteiger partial charge is 0.497 e. The summed E-state index contributed by atoms with van der Waals surface area (Å²) in [6, 6.07) is 13.4. The Kier molecular flexibility index (Phi) is 4.82. The van der Waals surface area contributed by atoms with Gasteiger partial charge < -0.3 is 14.8 Å². The number of hydrogen-bond donors (Lipinski definition) is 1. The highest BCUT2D eigenvalue weighted by molar-refractivity contribution is 5.92. The van der Waals surface area contributed by atoms with Crippen molar-refractivity contribution in [2.75, 3.05) is 19.5 Å². The Balaban J connectivity index is 2.10. The number of esters is 1. The smallest absolute Gasteiger partial charge is 0.338 e. The van der Waals surface area contributed by atoms with Crippen molar-refractivity contribution < 1.29 is 14.3 Å². The van der Waals surface area contributed by atoms with Crippen LogP contribution in [0.25, 0.3) is 0 Å². The molecule has 0 radical (unpaired) electrons. The molecule has 2 aromatic carbocycles. The molecule has 0 aliphatic carbocycles. The van der Waals surface area contributed by atoms with Gasteiger partial charge >= 0.3 is 5.97 Å². The molecule has 0 aliphatic heterocycles. The van der Waals surface area contributed by atoms with Gasteiger partial charge in [0, 0.05) is 12.2 Å². The molecule has 4 nitrogen and oxygen atoms in total. The van der Waals surface area contributed by atoms with Crippen LogP contribution in [0.1, 0.15) is 21.5 Å². The Bertz CT molecular complexity index is 620. The Morgan fingerprint density at radius 2 is 1.81 bits per heavy atom. The van der Waals surface area contributed by atoms with Crippen LogP contribution in [0, 0.1) is 6.92 Å². The van der Waals surface area contributed by atoms with Crippen molar-refractivity contribution in [2.45, 2.75) is 13.5 Å². The fourth-order valence-electron chi connectivity index (χ4n) is 2.10. The van der Waals surface area contributed by atoms with E-state index in [0.29, 0.717) is 12.1 Å². The molecule has 0 atom stereocenters. The van der Waals surface area contributed by atoms with Crippen molar-refractivity contribution in [3.63, 3.8) is 0 Å². The van der Waals surface area contributed by atoms with Gasteiger partial charge in [0.2, 0.25) is 0 Å². The quantitative estimate of drug-likeness (QED) is 0.855. The van der Waals surface area contributed by atoms with Crippen LogP contribution in [-0.2, 0) is 11.3 Å². The lowest BCUT2D eigenvalue weighted by molar-refractivity contribution is 0.0600. The summed E-state index contributed by atoms with van der Waals surface area (Å²) in [5, 5.41) is 3.34. The van der Waals surface area contributed by atoms with Gasteiger partial charge in [-0.25, -0.2) is 4.79 Å². The lowest BCUT2D eigenvalue weighted by Crippen LogP contribution is -2.07. The Labute approximate surface area is 124 Å². The molecule has 2 aromatic rings. The van der Waals surface area contributed by atoms with Gasteiger partial charge in [-0.15, -0.1) is 0 Å². The second-order valence-corrected chi connectivity index (χ2v) is 4.67. The first-order valence-electron chi connectivity index (χ1n) is 6.70. The zero-order valence-electron chi connectivity index (χ0n) is 12.5. The van der Waals surface area contributed by atoms with Crippen molar-refractivity contribution in [3.05, 3.63) is 59.2 Å². The highest BCUT2D eigenvalue weighted by Crippen LogP contribution is 2.21. The maximum atomic E-state index is 11.7. The highest BCUT2D eigenvalue weighted by atomic mass is 16.5. The Morgan fingerprint density at radius 3 is 2.43 bits per heavy atom. The molecule has 0 saturated carbocycles. The van der Waals surface area contributed by atoms with Crippen LogP contribution in [0.3, 0.4) is 0 Å². The van der Waals surface area contributed by atoms with E-state index in [9.17, 15) is 4.79 Å². The Hall–Kier alpha value is -2.49. The van der Waals surface area contributed by atoms with E-state index in [1.807, 2.05) is 43.3 Å². The van der Waals surface area contributed by atoms with E-state index in [0.717, 1.165) is 22.6 Å². The lowest BCUT2D eigenvalue weighted by atomic mass is 10.1. The number of ether oxygens (including phenoxy) is 2. The van der Waals surface area contributed by atoms with Gasteiger partial charge in [-0.05, 0) is 42.3 Å². The maximum Gasteiger partial charge on any atom is 0.338 e. The zero-order chi connectivity index (χ0) is 15.2. The summed E-state index contributed by atoms with van der Waals surface area (Å²) in [5.41, 5.74) is 3.53. The van der Waals surface area contributed by atoms with E-state index in [1.54, 1.807) is 13.2 Å². The molecule has 0 amide bonds. The molecular formula is C17H19NO3. The van der Waals surface area contributed by atoms with Crippen LogP contribution >= 0.6 is 0 Å². The summed E-state index contributed by atoms with van der Waals surface area (Å²) in [7, 11) is 3.04. The average molecular weight is 285 g/mol. The van der Waals surface area contributed by atoms with Crippen LogP contribution < -0.4 is 10.1 Å². The molecule has 0 fully saturated rings. The predicted molar refractivity (Wildman–Crippen MR) is 82.8 cm³/mol. The van der Waals surface area contributed by atoms with Crippen LogP contribution in [0.4, 0.5) is 5.69 Å². The topological polar surface area (TPSA) is 47.6 Å². The second kappa shape index (κ2) is 6.79. The number of carbonyl (C=O) groups is 1. The normalized spacial score (nSPS) is 10.0. The van der Waals surface area contributed by atoms with Crippen molar-refractivity contribution in [1.82, 2.24) is 0 Å². The summed E-state index contributed by atoms with van der Waals surface area (Å²) in [5.74, 6) is 0.517. The number of methoxy groups -OCH3 is 2. The van der Waals surface area contributed by atoms with Crippen LogP contribution in [-0.4, -0.2) is 20.2 Å². The molecule has 2 rings (SSSR count). The molecule has 0 aromatic heterocycles. The lowest BCUT2D eigenvalue weighted by Gasteiger charge is -2.12. The van der Waals surface area contributed by atoms with Gasteiger partial charge in [-0.1, -0.05) is 18.2 Å². The van der Waals surface area contributed by atoms with E-state index in [-0.39, 0.29) is 5.97 Å². The van der Waals surface area contributed by atoms with Gasteiger partial charge in [0.1, 0.15) is 5.75 Å². The van der Waals surface area contributed by atoms with E-state index >= 15 is 0 Å². The molecule has 110 valence electrons. The first-order valence-corrected chi connectivity index (χ1v) is 6.70. The fourth-order valence-corrected chi connectivity index (χ4v) is 2.10. The molecular weight excluding hydrogens is 266 g/mol. The van der Waals surface area contributed by atoms with Crippen molar-refractivity contribution >= 4 is 11.7 Å². The van der Waals surface area contributed by atoms with Gasteiger partial charge in [0.25, 0.3) is 0 Å². The standard InChI is InChI=1S/C17H19NO3/c1-12-15(17(19)21-3)5-4-6-16(12)18-11-13-7-9-14(20-2)10-8-13/h4-10,18H,11H2,1-3H3. The molecule has 4 heteroatoms. The van der Waals surface area contributed by atoms with E-state index in [2.05, 4.69) is 5.32 Å². The predicted octanol–water partition coefficient (Wildman–Crippen LogP) is 3.40. The minimum absolute atomic E-state index is 0.319. The first-order chi connectivity index (χ1) is 10.2. The number of rotatable bonds is 5. The van der Waals surface area contributed by atoms with Crippen molar-refractivity contribution in [2.24, 2.45) is 0 Å². The van der Waals surface area contributed by atoms with E-state index < -0.39 is 0 Å². The molecule has 0 unspecified atom stereocenters. The molecule has 0 saturated heterocycles. The van der Waals surface area contributed by atoms with Gasteiger partial charge in [0.15, 0.2) is 0 Å². The van der Waals surface area contributed by atoms with E-state index in [1.165, 1.54) is 7.11 Å². The van der Waals surface area contributed by atoms with Crippen LogP contribution in [0.2, 0.25) is 0 Å². The minimum Gasteiger partial charge on any atom is -0.497 e. The zero-order valence-corrected chi connectivity index (χ0v) is 12.5. The Morgan fingerprint density at radius 1 is 1.10 bits per heavy atom. The van der Waals surface area contributed by atoms with Crippen LogP contribution in [0.5, 0.6) is 5.75 Å². The second-order valence-electron chi connectivity index (χ2n) is 4.67. The monoisotopic (exact) mass is 285 g/mol. The van der Waals surface area contributed by atoms with Gasteiger partial charge in [0.05, 0.1) is 19.8 Å². The number of hydrogen-bond acceptors (Lipinski definition) is 4. The first kappa shape index (κ1) is 14.9. The average Bonchev–Trinajstić information content (AvgIpc) is 2.53. The molecule has 0 spiro atoms. The molecule has 21 heavy (non-hydrogen) atoms. The molecule has 0 bridgehead atoms. The summed E-state index contributed by atoms with van der Waals surface area (Å²) in [4.78, 5) is 11.7. The summed E-state index contributed by atoms with van der Waals surface area (Å²) in [6.45, 7) is 2.58. The molecule has 1 N–H and O–H groups in total. The molecule has 0 aliphatic rings. The summed E-state index contributed by atoms with van der Waals surface area (Å²) >= 11 is 0. The maximum absolute atomic E-state index is 11.7. The number of carbonyl (C=O) groups excluding carboxylic acids is 1. The molecule has 0 heterocycles. The summed E-state index contributed by atoms with van der Waals surface area (Å²) < 4.78 is 9.91. The highest BCUT2D eigenvalue weighted by Gasteiger charge is 2.11. The number of nitrogens with one attached hydrogen (secondary N) is 1. The van der Waals surface area contributed by atoms with Crippen molar-refractivity contribution in [1.29, 1.82) is 0 Å². The minimum atomic E-state index is -0.319. The summed E-state index contributed by atoms with van der Waals surface area (Å²) in [6.07, 6.45) is 0. The SMILES string of the molecule is COC(=O)c1cccc(NCc2ccc(OC)cc2)c1C. The van der Waals surface area contributed by atoms with Crippen molar-refractivity contribution in [3.8, 4) is 5.75 Å². The van der Waals surface area contributed by atoms with Crippen LogP contribution in [0.15, 0.2) is 42.5 Å². The fraction of sp³-hybridized carbons (Fsp3) is 0.235. The van der Waals surface area contributed by atoms with Gasteiger partial charge in [-0.3, -0.25) is 0 Å². The third-order valence-corrected chi connectivity index (χ3v) is 3.38. The third kappa shape index (κ3) is 3.54.